The summed E-state index contributed by atoms with van der Waals surface area (Å²) in [7, 11) is 0. The average molecular weight is 428 g/mol. The van der Waals surface area contributed by atoms with Crippen molar-refractivity contribution in [3.8, 4) is 5.75 Å². The molecule has 4 rings (SSSR count). The van der Waals surface area contributed by atoms with E-state index >= 15 is 0 Å². The second kappa shape index (κ2) is 9.73. The van der Waals surface area contributed by atoms with Crippen LogP contribution in [0.3, 0.4) is 0 Å². The number of hydrogen-bond donors (Lipinski definition) is 2. The van der Waals surface area contributed by atoms with Gasteiger partial charge >= 0.3 is 5.97 Å². The van der Waals surface area contributed by atoms with Crippen LogP contribution < -0.4 is 16.0 Å². The fraction of sp³-hybridized carbons (Fsp3) is 0.583. The molecule has 1 amide bonds. The first-order valence-electron chi connectivity index (χ1n) is 11.6. The van der Waals surface area contributed by atoms with Gasteiger partial charge in [0.05, 0.1) is 18.0 Å². The molecule has 3 N–H and O–H groups in total. The van der Waals surface area contributed by atoms with Crippen LogP contribution >= 0.6 is 0 Å². The van der Waals surface area contributed by atoms with Crippen molar-refractivity contribution in [3.63, 3.8) is 0 Å². The van der Waals surface area contributed by atoms with Crippen molar-refractivity contribution in [3.05, 3.63) is 29.5 Å². The van der Waals surface area contributed by atoms with Crippen LogP contribution in [0.5, 0.6) is 5.75 Å². The summed E-state index contributed by atoms with van der Waals surface area (Å²) in [5.74, 6) is 5.96. The number of carbonyl (C=O) groups is 2. The summed E-state index contributed by atoms with van der Waals surface area (Å²) >= 11 is 0. The van der Waals surface area contributed by atoms with Crippen LogP contribution in [0.4, 0.5) is 0 Å². The lowest BCUT2D eigenvalue weighted by Gasteiger charge is -2.24. The van der Waals surface area contributed by atoms with Gasteiger partial charge in [-0.25, -0.2) is 10.6 Å². The van der Waals surface area contributed by atoms with Crippen LogP contribution in [0.15, 0.2) is 18.2 Å². The largest absolute Gasteiger partial charge is 0.481 e. The van der Waals surface area contributed by atoms with Crippen molar-refractivity contribution in [2.45, 2.75) is 70.8 Å². The molecule has 2 aliphatic carbocycles. The van der Waals surface area contributed by atoms with Crippen LogP contribution in [0.25, 0.3) is 10.9 Å². The number of rotatable bonds is 8. The molecule has 1 atom stereocenters. The Morgan fingerprint density at radius 1 is 1.19 bits per heavy atom. The van der Waals surface area contributed by atoms with Gasteiger partial charge in [-0.15, -0.1) is 0 Å². The zero-order valence-electron chi connectivity index (χ0n) is 18.3. The fourth-order valence-corrected chi connectivity index (χ4v) is 5.25. The highest BCUT2D eigenvalue weighted by atomic mass is 16.6. The predicted octanol–water partition coefficient (Wildman–Crippen LogP) is 3.57. The summed E-state index contributed by atoms with van der Waals surface area (Å²) in [6.45, 7) is 3.16. The van der Waals surface area contributed by atoms with Crippen LogP contribution in [0, 0.1) is 5.92 Å². The number of esters is 1. The smallest absolute Gasteiger partial charge is 0.344 e. The van der Waals surface area contributed by atoms with E-state index in [0.29, 0.717) is 18.3 Å². The number of amides is 1. The Kier molecular flexibility index (Phi) is 6.80. The molecule has 0 radical (unpaired) electrons. The molecular weight excluding hydrogens is 394 g/mol. The quantitative estimate of drug-likeness (QED) is 0.291. The Hall–Kier alpha value is -2.54. The minimum absolute atomic E-state index is 0.143. The van der Waals surface area contributed by atoms with Gasteiger partial charge in [0, 0.05) is 17.6 Å². The summed E-state index contributed by atoms with van der Waals surface area (Å²) < 4.78 is 13.5. The Balaban J connectivity index is 1.76. The molecule has 0 aliphatic heterocycles. The number of nitrogens with two attached hydrogens (primary N) is 1. The molecule has 1 heterocycles. The minimum Gasteiger partial charge on any atom is -0.481 e. The van der Waals surface area contributed by atoms with Crippen LogP contribution in [0.2, 0.25) is 0 Å². The Labute approximate surface area is 183 Å². The topological polar surface area (TPSA) is 95.6 Å². The SMILES string of the molecule is CCCOC(=O)COc1cccc2c1c1c(n2CC2CCCC2)CCCC1C(=O)NN. The van der Waals surface area contributed by atoms with Crippen molar-refractivity contribution in [1.82, 2.24) is 9.99 Å². The molecule has 7 nitrogen and oxygen atoms in total. The van der Waals surface area contributed by atoms with E-state index in [1.165, 1.54) is 31.4 Å². The number of fused-ring (bicyclic) bond motifs is 3. The zero-order valence-corrected chi connectivity index (χ0v) is 18.3. The van der Waals surface area contributed by atoms with Crippen molar-refractivity contribution in [1.29, 1.82) is 0 Å². The third-order valence-electron chi connectivity index (χ3n) is 6.64. The highest BCUT2D eigenvalue weighted by Crippen LogP contribution is 2.44. The standard InChI is InChI=1S/C24H33N3O4/c1-2-13-30-21(28)15-31-20-12-6-11-19-23(20)22-17(24(29)26-25)9-5-10-18(22)27(19)14-16-7-3-4-8-16/h6,11-12,16-17H,2-5,7-10,13-15,25H2,1H3,(H,26,29). The molecule has 7 heteroatoms. The van der Waals surface area contributed by atoms with E-state index in [0.717, 1.165) is 48.7 Å². The maximum atomic E-state index is 12.7. The molecule has 31 heavy (non-hydrogen) atoms. The van der Waals surface area contributed by atoms with Gasteiger partial charge in [-0.05, 0) is 62.1 Å². The van der Waals surface area contributed by atoms with Crippen LogP contribution in [-0.4, -0.2) is 29.7 Å². The highest BCUT2D eigenvalue weighted by Gasteiger charge is 2.34. The highest BCUT2D eigenvalue weighted by molar-refractivity contribution is 5.97. The zero-order chi connectivity index (χ0) is 21.8. The number of carbonyl (C=O) groups excluding carboxylic acids is 2. The molecule has 1 aromatic heterocycles. The summed E-state index contributed by atoms with van der Waals surface area (Å²) in [5, 5.41) is 0.937. The van der Waals surface area contributed by atoms with E-state index in [4.69, 9.17) is 15.3 Å². The average Bonchev–Trinajstić information content (AvgIpc) is 3.42. The fourth-order valence-electron chi connectivity index (χ4n) is 5.25. The molecular formula is C24H33N3O4. The molecule has 2 aliphatic rings. The second-order valence-corrected chi connectivity index (χ2v) is 8.73. The minimum atomic E-state index is -0.380. The van der Waals surface area contributed by atoms with Crippen molar-refractivity contribution in [2.75, 3.05) is 13.2 Å². The first-order valence-corrected chi connectivity index (χ1v) is 11.6. The Morgan fingerprint density at radius 3 is 2.74 bits per heavy atom. The molecule has 0 saturated heterocycles. The van der Waals surface area contributed by atoms with Gasteiger partial charge in [0.1, 0.15) is 5.75 Å². The normalized spacial score (nSPS) is 18.7. The van der Waals surface area contributed by atoms with Crippen molar-refractivity contribution in [2.24, 2.45) is 11.8 Å². The lowest BCUT2D eigenvalue weighted by molar-refractivity contribution is -0.146. The van der Waals surface area contributed by atoms with E-state index in [9.17, 15) is 9.59 Å². The molecule has 1 aromatic carbocycles. The monoisotopic (exact) mass is 427 g/mol. The number of nitrogens with one attached hydrogen (secondary N) is 1. The Morgan fingerprint density at radius 2 is 2.00 bits per heavy atom. The molecule has 1 saturated carbocycles. The summed E-state index contributed by atoms with van der Waals surface area (Å²) in [5.41, 5.74) is 5.66. The first-order chi connectivity index (χ1) is 15.1. The lowest BCUT2D eigenvalue weighted by Crippen LogP contribution is -2.36. The number of ether oxygens (including phenoxy) is 2. The van der Waals surface area contributed by atoms with Gasteiger partial charge < -0.3 is 14.0 Å². The summed E-state index contributed by atoms with van der Waals surface area (Å²) in [6.07, 6.45) is 8.49. The number of aromatic nitrogens is 1. The molecule has 1 fully saturated rings. The van der Waals surface area contributed by atoms with Crippen molar-refractivity contribution < 1.29 is 19.1 Å². The molecule has 0 spiro atoms. The Bertz CT molecular complexity index is 946. The molecule has 1 unspecified atom stereocenters. The summed E-state index contributed by atoms with van der Waals surface area (Å²) in [6, 6.07) is 5.94. The van der Waals surface area contributed by atoms with E-state index < -0.39 is 0 Å². The van der Waals surface area contributed by atoms with Gasteiger partial charge in [0.15, 0.2) is 6.61 Å². The van der Waals surface area contributed by atoms with E-state index in [2.05, 4.69) is 16.1 Å². The first kappa shape index (κ1) is 21.7. The molecule has 0 bridgehead atoms. The molecule has 168 valence electrons. The van der Waals surface area contributed by atoms with Gasteiger partial charge in [-0.2, -0.15) is 0 Å². The number of hydrazine groups is 1. The van der Waals surface area contributed by atoms with Crippen LogP contribution in [0.1, 0.15) is 69.0 Å². The van der Waals surface area contributed by atoms with Gasteiger partial charge in [-0.3, -0.25) is 10.2 Å². The van der Waals surface area contributed by atoms with E-state index in [1.807, 2.05) is 19.1 Å². The van der Waals surface area contributed by atoms with Gasteiger partial charge in [-0.1, -0.05) is 25.8 Å². The third kappa shape index (κ3) is 4.42. The number of benzene rings is 1. The van der Waals surface area contributed by atoms with E-state index in [-0.39, 0.29) is 24.4 Å². The van der Waals surface area contributed by atoms with Gasteiger partial charge in [0.25, 0.3) is 0 Å². The van der Waals surface area contributed by atoms with Crippen LogP contribution in [-0.2, 0) is 27.3 Å². The van der Waals surface area contributed by atoms with E-state index in [1.54, 1.807) is 0 Å². The number of nitrogens with zero attached hydrogens (tertiary/aromatic N) is 1. The molecule has 2 aromatic rings. The number of hydrogen-bond acceptors (Lipinski definition) is 5. The lowest BCUT2D eigenvalue weighted by atomic mass is 9.84. The van der Waals surface area contributed by atoms with Crippen molar-refractivity contribution >= 4 is 22.8 Å². The van der Waals surface area contributed by atoms with Gasteiger partial charge in [0.2, 0.25) is 5.91 Å². The maximum Gasteiger partial charge on any atom is 0.344 e. The predicted molar refractivity (Wildman–Crippen MR) is 119 cm³/mol. The second-order valence-electron chi connectivity index (χ2n) is 8.73. The third-order valence-corrected chi connectivity index (χ3v) is 6.64. The maximum absolute atomic E-state index is 12.7. The summed E-state index contributed by atoms with van der Waals surface area (Å²) in [4.78, 5) is 24.7.